The SMILES string of the molecule is CCNc1cncc(C(=O)N2CCC(C)(C)CC2)n1. The minimum atomic E-state index is -0.0113. The molecule has 0 spiro atoms. The Labute approximate surface area is 114 Å². The van der Waals surface area contributed by atoms with E-state index in [0.29, 0.717) is 16.9 Å². The lowest BCUT2D eigenvalue weighted by Gasteiger charge is -2.36. The third-order valence-corrected chi connectivity index (χ3v) is 3.62. The molecule has 1 aromatic heterocycles. The van der Waals surface area contributed by atoms with Gasteiger partial charge in [-0.15, -0.1) is 0 Å². The highest BCUT2D eigenvalue weighted by Crippen LogP contribution is 2.30. The lowest BCUT2D eigenvalue weighted by molar-refractivity contribution is 0.0624. The van der Waals surface area contributed by atoms with E-state index >= 15 is 0 Å². The van der Waals surface area contributed by atoms with Crippen LogP contribution in [0.3, 0.4) is 0 Å². The first-order chi connectivity index (χ1) is 9.02. The van der Waals surface area contributed by atoms with E-state index in [4.69, 9.17) is 0 Å². The molecule has 1 aliphatic rings. The molecule has 2 heterocycles. The Morgan fingerprint density at radius 2 is 2.05 bits per heavy atom. The summed E-state index contributed by atoms with van der Waals surface area (Å²) in [4.78, 5) is 22.6. The Balaban J connectivity index is 2.05. The number of carbonyl (C=O) groups is 1. The van der Waals surface area contributed by atoms with E-state index in [-0.39, 0.29) is 5.91 Å². The first-order valence-electron chi connectivity index (χ1n) is 6.87. The van der Waals surface area contributed by atoms with Crippen molar-refractivity contribution in [2.75, 3.05) is 25.0 Å². The fourth-order valence-electron chi connectivity index (χ4n) is 2.21. The highest BCUT2D eigenvalue weighted by atomic mass is 16.2. The summed E-state index contributed by atoms with van der Waals surface area (Å²) < 4.78 is 0. The summed E-state index contributed by atoms with van der Waals surface area (Å²) in [5.74, 6) is 0.647. The number of anilines is 1. The Morgan fingerprint density at radius 1 is 1.37 bits per heavy atom. The van der Waals surface area contributed by atoms with Crippen molar-refractivity contribution in [3.05, 3.63) is 18.1 Å². The fourth-order valence-corrected chi connectivity index (χ4v) is 2.21. The first kappa shape index (κ1) is 13.8. The number of rotatable bonds is 3. The average Bonchev–Trinajstić information content (AvgIpc) is 2.39. The Bertz CT molecular complexity index is 449. The van der Waals surface area contributed by atoms with Crippen LogP contribution < -0.4 is 5.32 Å². The van der Waals surface area contributed by atoms with Crippen LogP contribution in [0, 0.1) is 5.41 Å². The molecule has 1 aliphatic heterocycles. The van der Waals surface area contributed by atoms with Crippen LogP contribution >= 0.6 is 0 Å². The van der Waals surface area contributed by atoms with Crippen molar-refractivity contribution in [2.24, 2.45) is 5.41 Å². The zero-order valence-electron chi connectivity index (χ0n) is 11.9. The van der Waals surface area contributed by atoms with Gasteiger partial charge in [-0.25, -0.2) is 4.98 Å². The van der Waals surface area contributed by atoms with Gasteiger partial charge in [0.05, 0.1) is 12.4 Å². The van der Waals surface area contributed by atoms with Crippen LogP contribution in [0.1, 0.15) is 44.1 Å². The summed E-state index contributed by atoms with van der Waals surface area (Å²) in [6, 6.07) is 0. The predicted molar refractivity (Wildman–Crippen MR) is 75.1 cm³/mol. The summed E-state index contributed by atoms with van der Waals surface area (Å²) in [6.07, 6.45) is 5.26. The molecular formula is C14H22N4O. The fraction of sp³-hybridized carbons (Fsp3) is 0.643. The topological polar surface area (TPSA) is 58.1 Å². The van der Waals surface area contributed by atoms with Crippen molar-refractivity contribution in [3.8, 4) is 0 Å². The van der Waals surface area contributed by atoms with Crippen molar-refractivity contribution in [1.29, 1.82) is 0 Å². The number of hydrogen-bond donors (Lipinski definition) is 1. The number of aromatic nitrogens is 2. The Kier molecular flexibility index (Phi) is 4.02. The highest BCUT2D eigenvalue weighted by Gasteiger charge is 2.28. The predicted octanol–water partition coefficient (Wildman–Crippen LogP) is 2.17. The maximum Gasteiger partial charge on any atom is 0.274 e. The van der Waals surface area contributed by atoms with Crippen LogP contribution in [0.2, 0.25) is 0 Å². The van der Waals surface area contributed by atoms with E-state index in [9.17, 15) is 4.79 Å². The number of amides is 1. The minimum absolute atomic E-state index is 0.0113. The highest BCUT2D eigenvalue weighted by molar-refractivity contribution is 5.92. The molecule has 5 heteroatoms. The summed E-state index contributed by atoms with van der Waals surface area (Å²) in [7, 11) is 0. The van der Waals surface area contributed by atoms with Crippen molar-refractivity contribution < 1.29 is 4.79 Å². The van der Waals surface area contributed by atoms with Crippen molar-refractivity contribution in [3.63, 3.8) is 0 Å². The molecule has 0 aliphatic carbocycles. The number of likely N-dealkylation sites (tertiary alicyclic amines) is 1. The second kappa shape index (κ2) is 5.55. The summed E-state index contributed by atoms with van der Waals surface area (Å²) in [5, 5.41) is 3.07. The lowest BCUT2D eigenvalue weighted by Crippen LogP contribution is -2.41. The number of piperidine rings is 1. The van der Waals surface area contributed by atoms with Gasteiger partial charge in [0.2, 0.25) is 0 Å². The van der Waals surface area contributed by atoms with Gasteiger partial charge in [-0.1, -0.05) is 13.8 Å². The molecule has 0 radical (unpaired) electrons. The minimum Gasteiger partial charge on any atom is -0.369 e. The lowest BCUT2D eigenvalue weighted by atomic mass is 9.82. The molecule has 2 rings (SSSR count). The van der Waals surface area contributed by atoms with Gasteiger partial charge in [0.25, 0.3) is 5.91 Å². The quantitative estimate of drug-likeness (QED) is 0.907. The molecule has 0 bridgehead atoms. The maximum atomic E-state index is 12.4. The van der Waals surface area contributed by atoms with Gasteiger partial charge in [0.1, 0.15) is 11.5 Å². The molecular weight excluding hydrogens is 240 g/mol. The van der Waals surface area contributed by atoms with Gasteiger partial charge in [-0.05, 0) is 25.2 Å². The van der Waals surface area contributed by atoms with E-state index in [1.165, 1.54) is 0 Å². The smallest absolute Gasteiger partial charge is 0.274 e. The normalized spacial score (nSPS) is 18.2. The third-order valence-electron chi connectivity index (χ3n) is 3.62. The maximum absolute atomic E-state index is 12.4. The molecule has 1 fully saturated rings. The number of nitrogens with zero attached hydrogens (tertiary/aromatic N) is 3. The first-order valence-corrected chi connectivity index (χ1v) is 6.87. The Morgan fingerprint density at radius 3 is 2.68 bits per heavy atom. The monoisotopic (exact) mass is 262 g/mol. The second-order valence-corrected chi connectivity index (χ2v) is 5.78. The molecule has 1 N–H and O–H groups in total. The van der Waals surface area contributed by atoms with E-state index < -0.39 is 0 Å². The standard InChI is InChI=1S/C14H22N4O/c1-4-16-12-10-15-9-11(17-12)13(19)18-7-5-14(2,3)6-8-18/h9-10H,4-8H2,1-3H3,(H,16,17). The largest absolute Gasteiger partial charge is 0.369 e. The van der Waals surface area contributed by atoms with E-state index in [1.54, 1.807) is 12.4 Å². The molecule has 0 aromatic carbocycles. The van der Waals surface area contributed by atoms with Crippen LogP contribution in [0.15, 0.2) is 12.4 Å². The van der Waals surface area contributed by atoms with Gasteiger partial charge in [0.15, 0.2) is 0 Å². The van der Waals surface area contributed by atoms with Gasteiger partial charge in [0, 0.05) is 19.6 Å². The molecule has 19 heavy (non-hydrogen) atoms. The van der Waals surface area contributed by atoms with Crippen LogP contribution in [0.25, 0.3) is 0 Å². The zero-order chi connectivity index (χ0) is 13.9. The molecule has 0 unspecified atom stereocenters. The summed E-state index contributed by atoms with van der Waals surface area (Å²) in [5.41, 5.74) is 0.770. The third kappa shape index (κ3) is 3.43. The van der Waals surface area contributed by atoms with Crippen LogP contribution in [-0.2, 0) is 0 Å². The zero-order valence-corrected chi connectivity index (χ0v) is 11.9. The van der Waals surface area contributed by atoms with Crippen molar-refractivity contribution in [1.82, 2.24) is 14.9 Å². The molecule has 1 aromatic rings. The van der Waals surface area contributed by atoms with Crippen molar-refractivity contribution >= 4 is 11.7 Å². The van der Waals surface area contributed by atoms with Gasteiger partial charge in [-0.2, -0.15) is 0 Å². The number of hydrogen-bond acceptors (Lipinski definition) is 4. The number of carbonyl (C=O) groups excluding carboxylic acids is 1. The van der Waals surface area contributed by atoms with Gasteiger partial charge >= 0.3 is 0 Å². The van der Waals surface area contributed by atoms with Crippen LogP contribution in [-0.4, -0.2) is 40.4 Å². The van der Waals surface area contributed by atoms with Gasteiger partial charge < -0.3 is 10.2 Å². The molecule has 0 saturated carbocycles. The molecule has 1 saturated heterocycles. The van der Waals surface area contributed by atoms with E-state index in [1.807, 2.05) is 11.8 Å². The van der Waals surface area contributed by atoms with Crippen LogP contribution in [0.5, 0.6) is 0 Å². The summed E-state index contributed by atoms with van der Waals surface area (Å²) >= 11 is 0. The molecule has 104 valence electrons. The second-order valence-electron chi connectivity index (χ2n) is 5.78. The molecule has 1 amide bonds. The Hall–Kier alpha value is -1.65. The van der Waals surface area contributed by atoms with Crippen molar-refractivity contribution in [2.45, 2.75) is 33.6 Å². The average molecular weight is 262 g/mol. The molecule has 0 atom stereocenters. The van der Waals surface area contributed by atoms with E-state index in [2.05, 4.69) is 29.1 Å². The van der Waals surface area contributed by atoms with Gasteiger partial charge in [-0.3, -0.25) is 9.78 Å². The van der Waals surface area contributed by atoms with E-state index in [0.717, 1.165) is 32.5 Å². The number of nitrogens with one attached hydrogen (secondary N) is 1. The summed E-state index contributed by atoms with van der Waals surface area (Å²) in [6.45, 7) is 8.87. The van der Waals surface area contributed by atoms with Crippen LogP contribution in [0.4, 0.5) is 5.82 Å². The molecule has 5 nitrogen and oxygen atoms in total.